The molecule has 6 heteroatoms. The Morgan fingerprint density at radius 3 is 1.57 bits per heavy atom. The monoisotopic (exact) mass is 446 g/mol. The molecular weight excluding hydrogens is 397 g/mol. The van der Waals surface area contributed by atoms with Gasteiger partial charge in [0.05, 0.1) is 21.1 Å². The molecule has 0 bridgehead atoms. The van der Waals surface area contributed by atoms with Gasteiger partial charge in [-0.1, -0.05) is 69.8 Å². The lowest BCUT2D eigenvalue weighted by atomic mass is 10.1. The normalized spacial score (nSPS) is 15.3. The van der Waals surface area contributed by atoms with Crippen molar-refractivity contribution in [2.75, 3.05) is 27.7 Å². The van der Waals surface area contributed by atoms with Crippen LogP contribution in [0.1, 0.15) is 96.8 Å². The average Bonchev–Trinajstić information content (AvgIpc) is 2.62. The van der Waals surface area contributed by atoms with E-state index in [1.807, 2.05) is 27.2 Å². The van der Waals surface area contributed by atoms with E-state index in [0.29, 0.717) is 10.9 Å². The number of unbranched alkanes of at least 4 members (excludes halogenated alkanes) is 10. The fourth-order valence-electron chi connectivity index (χ4n) is 3.61. The lowest BCUT2D eigenvalue weighted by molar-refractivity contribution is -0.875. The fraction of sp³-hybridized carbons (Fsp3) is 0.833. The first-order chi connectivity index (χ1) is 14.0. The van der Waals surface area contributed by atoms with E-state index < -0.39 is 12.9 Å². The van der Waals surface area contributed by atoms with E-state index in [1.54, 1.807) is 0 Å². The topological polar surface area (TPSA) is 77.8 Å². The quantitative estimate of drug-likeness (QED) is 0.0962. The molecule has 0 radical (unpaired) electrons. The molecule has 0 aliphatic rings. The Kier molecular flexibility index (Phi) is 16.0. The van der Waals surface area contributed by atoms with Gasteiger partial charge in [0.25, 0.3) is 0 Å². The van der Waals surface area contributed by atoms with E-state index in [1.165, 1.54) is 51.4 Å². The summed E-state index contributed by atoms with van der Waals surface area (Å²) in [5, 5.41) is 8.53. The van der Waals surface area contributed by atoms with Crippen LogP contribution < -0.4 is 0 Å². The van der Waals surface area contributed by atoms with Crippen molar-refractivity contribution in [2.24, 2.45) is 0 Å². The summed E-state index contributed by atoms with van der Waals surface area (Å²) in [4.78, 5) is 19.1. The Morgan fingerprint density at radius 2 is 1.13 bits per heavy atom. The molecular formula is C24H49NO4P+. The highest BCUT2D eigenvalue weighted by Gasteiger charge is 2.48. The summed E-state index contributed by atoms with van der Waals surface area (Å²) in [7, 11) is 0.880. The van der Waals surface area contributed by atoms with Crippen LogP contribution in [0.4, 0.5) is 0 Å². The van der Waals surface area contributed by atoms with Crippen LogP contribution in [0.2, 0.25) is 0 Å². The highest BCUT2D eigenvalue weighted by molar-refractivity contribution is 7.53. The van der Waals surface area contributed by atoms with Gasteiger partial charge in [-0.15, -0.1) is 0 Å². The molecule has 0 aliphatic heterocycles. The van der Waals surface area contributed by atoms with Crippen LogP contribution in [0.5, 0.6) is 0 Å². The molecule has 0 saturated heterocycles. The summed E-state index contributed by atoms with van der Waals surface area (Å²) in [6.45, 7) is 2.28. The second-order valence-corrected chi connectivity index (χ2v) is 11.6. The minimum Gasteiger partial charge on any atom is -0.373 e. The highest BCUT2D eigenvalue weighted by atomic mass is 31.2. The van der Waals surface area contributed by atoms with E-state index in [2.05, 4.69) is 25.2 Å². The third-order valence-electron chi connectivity index (χ3n) is 5.28. The van der Waals surface area contributed by atoms with Crippen molar-refractivity contribution in [2.45, 2.75) is 102 Å². The zero-order chi connectivity index (χ0) is 22.9. The van der Waals surface area contributed by atoms with E-state index in [9.17, 15) is 19.5 Å². The largest absolute Gasteiger partial charge is 0.373 e. The Bertz CT molecular complexity index is 522. The van der Waals surface area contributed by atoms with Crippen molar-refractivity contribution in [1.29, 1.82) is 0 Å². The first-order valence-corrected chi connectivity index (χ1v) is 13.5. The summed E-state index contributed by atoms with van der Waals surface area (Å²) in [6.07, 6.45) is 24.2. The molecule has 0 heterocycles. The SMILES string of the molecule is CCCCCCCCC/C=C\CCCC/C=C\CCC(O)(C[N+](C)(C)C)P(=O)(O)O. The van der Waals surface area contributed by atoms with Crippen molar-refractivity contribution in [3.05, 3.63) is 24.3 Å². The molecule has 0 saturated carbocycles. The molecule has 3 N–H and O–H groups in total. The maximum atomic E-state index is 11.7. The Labute approximate surface area is 186 Å². The number of rotatable bonds is 19. The van der Waals surface area contributed by atoms with Crippen molar-refractivity contribution >= 4 is 7.60 Å². The predicted octanol–water partition coefficient (Wildman–Crippen LogP) is 6.15. The Balaban J connectivity index is 3.80. The Hall–Kier alpha value is -0.450. The highest BCUT2D eigenvalue weighted by Crippen LogP contribution is 2.52. The van der Waals surface area contributed by atoms with Gasteiger partial charge in [0.15, 0.2) is 0 Å². The minimum atomic E-state index is -4.58. The van der Waals surface area contributed by atoms with E-state index in [-0.39, 0.29) is 13.0 Å². The third-order valence-corrected chi connectivity index (χ3v) is 6.73. The molecule has 1 atom stereocenters. The van der Waals surface area contributed by atoms with Crippen LogP contribution in [-0.2, 0) is 4.57 Å². The molecule has 30 heavy (non-hydrogen) atoms. The molecule has 5 nitrogen and oxygen atoms in total. The van der Waals surface area contributed by atoms with E-state index in [0.717, 1.165) is 25.7 Å². The second-order valence-electron chi connectivity index (χ2n) is 9.65. The van der Waals surface area contributed by atoms with E-state index >= 15 is 0 Å². The molecule has 0 amide bonds. The van der Waals surface area contributed by atoms with Crippen LogP contribution in [-0.4, -0.2) is 52.4 Å². The minimum absolute atomic E-state index is 0.0241. The van der Waals surface area contributed by atoms with Gasteiger partial charge in [-0.25, -0.2) is 0 Å². The number of hydrogen-bond donors (Lipinski definition) is 3. The number of quaternary nitrogens is 1. The lowest BCUT2D eigenvalue weighted by Gasteiger charge is -2.35. The number of nitrogens with zero attached hydrogens (tertiary/aromatic N) is 1. The fourth-order valence-corrected chi connectivity index (χ4v) is 4.63. The summed E-state index contributed by atoms with van der Waals surface area (Å²) >= 11 is 0. The summed E-state index contributed by atoms with van der Waals surface area (Å²) in [5.74, 6) is 0. The van der Waals surface area contributed by atoms with Crippen LogP contribution in [0, 0.1) is 0 Å². The van der Waals surface area contributed by atoms with Gasteiger partial charge < -0.3 is 19.4 Å². The molecule has 178 valence electrons. The molecule has 0 spiro atoms. The number of hydrogen-bond acceptors (Lipinski definition) is 2. The first-order valence-electron chi connectivity index (χ1n) is 11.9. The smallest absolute Gasteiger partial charge is 0.362 e. The molecule has 0 aromatic carbocycles. The van der Waals surface area contributed by atoms with Crippen molar-refractivity contribution in [3.8, 4) is 0 Å². The van der Waals surface area contributed by atoms with Gasteiger partial charge in [-0.05, 0) is 51.4 Å². The molecule has 1 unspecified atom stereocenters. The standard InChI is InChI=1S/C24H48NO4P/c1-5-6-7-8-9-10-11-12-13-14-15-16-17-18-19-20-21-22-24(26,30(27,28)29)23-25(2,3)4/h13-14,19-20,26H,5-12,15-18,21-23H2,1-4H3,(H-,27,28,29)/p+1/b14-13-,20-19-. The zero-order valence-electron chi connectivity index (χ0n) is 20.1. The molecule has 0 aromatic heterocycles. The van der Waals surface area contributed by atoms with Crippen LogP contribution >= 0.6 is 7.60 Å². The summed E-state index contributed by atoms with van der Waals surface area (Å²) < 4.78 is 12.0. The maximum absolute atomic E-state index is 11.7. The van der Waals surface area contributed by atoms with Crippen molar-refractivity contribution in [1.82, 2.24) is 0 Å². The van der Waals surface area contributed by atoms with Gasteiger partial charge in [0.2, 0.25) is 5.34 Å². The summed E-state index contributed by atoms with van der Waals surface area (Å²) in [6, 6.07) is 0. The van der Waals surface area contributed by atoms with Gasteiger partial charge in [0.1, 0.15) is 6.54 Å². The van der Waals surface area contributed by atoms with Crippen LogP contribution in [0.15, 0.2) is 24.3 Å². The van der Waals surface area contributed by atoms with Crippen LogP contribution in [0.25, 0.3) is 0 Å². The average molecular weight is 447 g/mol. The van der Waals surface area contributed by atoms with Gasteiger partial charge in [0, 0.05) is 0 Å². The van der Waals surface area contributed by atoms with E-state index in [4.69, 9.17) is 0 Å². The van der Waals surface area contributed by atoms with Crippen molar-refractivity contribution < 1.29 is 23.9 Å². The maximum Gasteiger partial charge on any atom is 0.362 e. The molecule has 0 aromatic rings. The van der Waals surface area contributed by atoms with Crippen LogP contribution in [0.3, 0.4) is 0 Å². The first kappa shape index (κ1) is 29.5. The predicted molar refractivity (Wildman–Crippen MR) is 128 cm³/mol. The number of allylic oxidation sites excluding steroid dienone is 4. The number of aliphatic hydroxyl groups is 1. The molecule has 0 aliphatic carbocycles. The Morgan fingerprint density at radius 1 is 0.733 bits per heavy atom. The summed E-state index contributed by atoms with van der Waals surface area (Å²) in [5.41, 5.74) is 0. The number of likely N-dealkylation sites (N-methyl/N-ethyl adjacent to an activating group) is 1. The lowest BCUT2D eigenvalue weighted by Crippen LogP contribution is -2.49. The third kappa shape index (κ3) is 16.3. The second kappa shape index (κ2) is 16.2. The van der Waals surface area contributed by atoms with Gasteiger partial charge in [-0.2, -0.15) is 0 Å². The zero-order valence-corrected chi connectivity index (χ0v) is 21.0. The van der Waals surface area contributed by atoms with Crippen molar-refractivity contribution in [3.63, 3.8) is 0 Å². The van der Waals surface area contributed by atoms with Gasteiger partial charge >= 0.3 is 7.60 Å². The molecule has 0 fully saturated rings. The van der Waals surface area contributed by atoms with Gasteiger partial charge in [-0.3, -0.25) is 4.57 Å². The molecule has 0 rings (SSSR count).